The second-order valence-electron chi connectivity index (χ2n) is 2.89. The predicted molar refractivity (Wildman–Crippen MR) is 57.6 cm³/mol. The monoisotopic (exact) mass is 190 g/mol. The van der Waals surface area contributed by atoms with Gasteiger partial charge in [0.2, 0.25) is 5.95 Å². The Morgan fingerprint density at radius 2 is 2.36 bits per heavy atom. The molecule has 1 aromatic rings. The van der Waals surface area contributed by atoms with Gasteiger partial charge in [0.15, 0.2) is 0 Å². The molecular formula is C10H14N4. The third kappa shape index (κ3) is 3.76. The molecule has 0 amide bonds. The van der Waals surface area contributed by atoms with Crippen LogP contribution in [-0.2, 0) is 0 Å². The fourth-order valence-corrected chi connectivity index (χ4v) is 1.04. The number of nitrogens with two attached hydrogens (primary N) is 1. The summed E-state index contributed by atoms with van der Waals surface area (Å²) in [6.07, 6.45) is 9.66. The van der Waals surface area contributed by atoms with Crippen LogP contribution in [0.2, 0.25) is 0 Å². The van der Waals surface area contributed by atoms with E-state index in [0.717, 1.165) is 31.6 Å². The van der Waals surface area contributed by atoms with Gasteiger partial charge in [-0.25, -0.2) is 4.98 Å². The van der Waals surface area contributed by atoms with Crippen molar-refractivity contribution >= 4 is 11.8 Å². The fraction of sp³-hybridized carbons (Fsp3) is 0.400. The molecular weight excluding hydrogens is 176 g/mol. The molecule has 1 heterocycles. The molecule has 0 aliphatic carbocycles. The van der Waals surface area contributed by atoms with Crippen molar-refractivity contribution in [1.29, 1.82) is 0 Å². The summed E-state index contributed by atoms with van der Waals surface area (Å²) in [5.41, 5.74) is 5.42. The summed E-state index contributed by atoms with van der Waals surface area (Å²) in [6, 6.07) is 1.79. The van der Waals surface area contributed by atoms with Crippen LogP contribution < -0.4 is 11.1 Å². The molecule has 1 aromatic heterocycles. The lowest BCUT2D eigenvalue weighted by Crippen LogP contribution is -2.05. The summed E-state index contributed by atoms with van der Waals surface area (Å²) in [5.74, 6) is 3.65. The quantitative estimate of drug-likeness (QED) is 0.542. The number of nitrogens with one attached hydrogen (secondary N) is 1. The summed E-state index contributed by atoms with van der Waals surface area (Å²) in [4.78, 5) is 7.80. The number of terminal acetylenes is 1. The summed E-state index contributed by atoms with van der Waals surface area (Å²) in [7, 11) is 0. The van der Waals surface area contributed by atoms with Gasteiger partial charge in [0.1, 0.15) is 5.82 Å². The number of aromatic nitrogens is 2. The second-order valence-corrected chi connectivity index (χ2v) is 2.89. The van der Waals surface area contributed by atoms with Gasteiger partial charge in [-0.3, -0.25) is 0 Å². The molecule has 0 bridgehead atoms. The van der Waals surface area contributed by atoms with Crippen LogP contribution in [0.1, 0.15) is 19.3 Å². The first-order valence-electron chi connectivity index (χ1n) is 4.59. The molecule has 14 heavy (non-hydrogen) atoms. The standard InChI is InChI=1S/C10H14N4/c1-2-3-4-5-7-12-9-6-8-13-10(11)14-9/h1,6,8H,3-5,7H2,(H3,11,12,13,14). The number of anilines is 2. The average Bonchev–Trinajstić information content (AvgIpc) is 2.18. The van der Waals surface area contributed by atoms with Crippen LogP contribution in [0, 0.1) is 12.3 Å². The summed E-state index contributed by atoms with van der Waals surface area (Å²) < 4.78 is 0. The van der Waals surface area contributed by atoms with Crippen molar-refractivity contribution in [2.45, 2.75) is 19.3 Å². The lowest BCUT2D eigenvalue weighted by atomic mass is 10.2. The smallest absolute Gasteiger partial charge is 0.221 e. The maximum absolute atomic E-state index is 5.42. The molecule has 0 radical (unpaired) electrons. The Balaban J connectivity index is 2.22. The van der Waals surface area contributed by atoms with E-state index in [0.29, 0.717) is 5.95 Å². The van der Waals surface area contributed by atoms with Gasteiger partial charge in [0, 0.05) is 19.2 Å². The van der Waals surface area contributed by atoms with Crippen molar-refractivity contribution in [2.24, 2.45) is 0 Å². The van der Waals surface area contributed by atoms with Crippen LogP contribution in [-0.4, -0.2) is 16.5 Å². The average molecular weight is 190 g/mol. The van der Waals surface area contributed by atoms with Crippen molar-refractivity contribution in [2.75, 3.05) is 17.6 Å². The summed E-state index contributed by atoms with van der Waals surface area (Å²) >= 11 is 0. The lowest BCUT2D eigenvalue weighted by molar-refractivity contribution is 0.787. The zero-order valence-corrected chi connectivity index (χ0v) is 8.03. The topological polar surface area (TPSA) is 63.8 Å². The molecule has 0 atom stereocenters. The number of nitrogens with zero attached hydrogens (tertiary/aromatic N) is 2. The highest BCUT2D eigenvalue weighted by Crippen LogP contribution is 2.03. The van der Waals surface area contributed by atoms with Gasteiger partial charge in [0.25, 0.3) is 0 Å². The van der Waals surface area contributed by atoms with Crippen LogP contribution in [0.5, 0.6) is 0 Å². The van der Waals surface area contributed by atoms with E-state index in [-0.39, 0.29) is 0 Å². The number of hydrogen-bond acceptors (Lipinski definition) is 4. The maximum atomic E-state index is 5.42. The van der Waals surface area contributed by atoms with Crippen LogP contribution in [0.4, 0.5) is 11.8 Å². The van der Waals surface area contributed by atoms with Crippen LogP contribution >= 0.6 is 0 Å². The van der Waals surface area contributed by atoms with Gasteiger partial charge in [-0.15, -0.1) is 12.3 Å². The van der Waals surface area contributed by atoms with E-state index >= 15 is 0 Å². The Morgan fingerprint density at radius 3 is 3.07 bits per heavy atom. The molecule has 0 aromatic carbocycles. The molecule has 0 saturated carbocycles. The first-order chi connectivity index (χ1) is 6.83. The second kappa shape index (κ2) is 5.81. The number of rotatable bonds is 5. The van der Waals surface area contributed by atoms with Crippen molar-refractivity contribution in [1.82, 2.24) is 9.97 Å². The normalized spacial score (nSPS) is 9.36. The first kappa shape index (κ1) is 10.3. The van der Waals surface area contributed by atoms with E-state index in [4.69, 9.17) is 12.2 Å². The third-order valence-electron chi connectivity index (χ3n) is 1.73. The van der Waals surface area contributed by atoms with Gasteiger partial charge >= 0.3 is 0 Å². The van der Waals surface area contributed by atoms with Crippen LogP contribution in [0.25, 0.3) is 0 Å². The van der Waals surface area contributed by atoms with E-state index in [1.54, 1.807) is 12.3 Å². The SMILES string of the molecule is C#CCCCCNc1ccnc(N)n1. The third-order valence-corrected chi connectivity index (χ3v) is 1.73. The van der Waals surface area contributed by atoms with Crippen LogP contribution in [0.15, 0.2) is 12.3 Å². The van der Waals surface area contributed by atoms with Gasteiger partial charge in [-0.2, -0.15) is 4.98 Å². The van der Waals surface area contributed by atoms with Crippen LogP contribution in [0.3, 0.4) is 0 Å². The molecule has 0 unspecified atom stereocenters. The first-order valence-corrected chi connectivity index (χ1v) is 4.59. The highest BCUT2D eigenvalue weighted by atomic mass is 15.1. The molecule has 3 N–H and O–H groups in total. The van der Waals surface area contributed by atoms with Gasteiger partial charge in [0.05, 0.1) is 0 Å². The Bertz CT molecular complexity index is 316. The largest absolute Gasteiger partial charge is 0.370 e. The molecule has 0 saturated heterocycles. The zero-order chi connectivity index (χ0) is 10.2. The maximum Gasteiger partial charge on any atom is 0.221 e. The van der Waals surface area contributed by atoms with E-state index in [2.05, 4.69) is 21.2 Å². The minimum Gasteiger partial charge on any atom is -0.370 e. The van der Waals surface area contributed by atoms with E-state index in [1.807, 2.05) is 0 Å². The summed E-state index contributed by atoms with van der Waals surface area (Å²) in [6.45, 7) is 0.859. The minimum absolute atomic E-state index is 0.290. The predicted octanol–water partition coefficient (Wildman–Crippen LogP) is 1.27. The summed E-state index contributed by atoms with van der Waals surface area (Å²) in [5, 5.41) is 3.14. The molecule has 0 fully saturated rings. The highest BCUT2D eigenvalue weighted by molar-refractivity contribution is 5.36. The Kier molecular flexibility index (Phi) is 4.29. The Hall–Kier alpha value is -1.76. The van der Waals surface area contributed by atoms with Gasteiger partial charge < -0.3 is 11.1 Å². The minimum atomic E-state index is 0.290. The van der Waals surface area contributed by atoms with Crippen molar-refractivity contribution < 1.29 is 0 Å². The molecule has 0 aliphatic heterocycles. The lowest BCUT2D eigenvalue weighted by Gasteiger charge is -2.04. The molecule has 4 heteroatoms. The fourth-order valence-electron chi connectivity index (χ4n) is 1.04. The van der Waals surface area contributed by atoms with E-state index < -0.39 is 0 Å². The zero-order valence-electron chi connectivity index (χ0n) is 8.03. The molecule has 0 aliphatic rings. The number of nitrogen functional groups attached to an aromatic ring is 1. The van der Waals surface area contributed by atoms with Crippen molar-refractivity contribution in [3.63, 3.8) is 0 Å². The van der Waals surface area contributed by atoms with Crippen molar-refractivity contribution in [3.8, 4) is 12.3 Å². The molecule has 0 spiro atoms. The highest BCUT2D eigenvalue weighted by Gasteiger charge is 1.93. The number of hydrogen-bond donors (Lipinski definition) is 2. The van der Waals surface area contributed by atoms with E-state index in [9.17, 15) is 0 Å². The Morgan fingerprint density at radius 1 is 1.50 bits per heavy atom. The van der Waals surface area contributed by atoms with Crippen molar-refractivity contribution in [3.05, 3.63) is 12.3 Å². The van der Waals surface area contributed by atoms with E-state index in [1.165, 1.54) is 0 Å². The molecule has 1 rings (SSSR count). The molecule has 4 nitrogen and oxygen atoms in total. The Labute approximate surface area is 83.9 Å². The van der Waals surface area contributed by atoms with Gasteiger partial charge in [-0.1, -0.05) is 0 Å². The number of unbranched alkanes of at least 4 members (excludes halogenated alkanes) is 2. The van der Waals surface area contributed by atoms with Gasteiger partial charge in [-0.05, 0) is 18.9 Å². The molecule has 74 valence electrons.